The molecule has 2 N–H and O–H groups in total. The second-order valence-corrected chi connectivity index (χ2v) is 4.19. The molecule has 0 radical (unpaired) electrons. The van der Waals surface area contributed by atoms with Crippen LogP contribution >= 0.6 is 0 Å². The molecule has 78 valence electrons. The molecule has 2 aliphatic heterocycles. The maximum atomic E-state index is 12.0. The Labute approximate surface area is 88.1 Å². The van der Waals surface area contributed by atoms with Crippen LogP contribution < -0.4 is 10.6 Å². The van der Waals surface area contributed by atoms with E-state index in [-0.39, 0.29) is 11.3 Å². The number of carbonyl (C=O) groups excluding carboxylic acids is 1. The van der Waals surface area contributed by atoms with Gasteiger partial charge in [0.15, 0.2) is 0 Å². The van der Waals surface area contributed by atoms with E-state index in [0.29, 0.717) is 0 Å². The summed E-state index contributed by atoms with van der Waals surface area (Å²) in [6.45, 7) is 1.78. The highest BCUT2D eigenvalue weighted by molar-refractivity contribution is 6.05. The van der Waals surface area contributed by atoms with Crippen molar-refractivity contribution in [2.45, 2.75) is 18.3 Å². The van der Waals surface area contributed by atoms with Gasteiger partial charge in [-0.05, 0) is 38.1 Å². The number of amides is 1. The van der Waals surface area contributed by atoms with E-state index >= 15 is 0 Å². The number of hydrogen-bond donors (Lipinski definition) is 2. The minimum Gasteiger partial charge on any atom is -0.324 e. The summed E-state index contributed by atoms with van der Waals surface area (Å²) in [6.07, 6.45) is 3.47. The fourth-order valence-corrected chi connectivity index (χ4v) is 2.55. The van der Waals surface area contributed by atoms with Gasteiger partial charge in [-0.1, -0.05) is 0 Å². The first-order chi connectivity index (χ1) is 7.33. The number of piperidine rings is 1. The van der Waals surface area contributed by atoms with Crippen molar-refractivity contribution in [1.82, 2.24) is 10.3 Å². The molecule has 1 aromatic heterocycles. The van der Waals surface area contributed by atoms with Crippen molar-refractivity contribution in [2.24, 2.45) is 0 Å². The Bertz CT molecular complexity index is 410. The molecule has 3 heterocycles. The van der Waals surface area contributed by atoms with Crippen LogP contribution in [0.2, 0.25) is 0 Å². The molecule has 1 saturated heterocycles. The number of anilines is 1. The van der Waals surface area contributed by atoms with E-state index < -0.39 is 0 Å². The Morgan fingerprint density at radius 2 is 2.13 bits per heavy atom. The summed E-state index contributed by atoms with van der Waals surface area (Å²) in [5, 5.41) is 6.21. The van der Waals surface area contributed by atoms with Crippen LogP contribution in [0.5, 0.6) is 0 Å². The SMILES string of the molecule is O=C1Nc2cccnc2C12CCNCC2. The van der Waals surface area contributed by atoms with E-state index in [1.54, 1.807) is 6.20 Å². The molecule has 1 amide bonds. The first-order valence-corrected chi connectivity index (χ1v) is 5.31. The molecule has 1 spiro atoms. The summed E-state index contributed by atoms with van der Waals surface area (Å²) in [7, 11) is 0. The van der Waals surface area contributed by atoms with Crippen molar-refractivity contribution in [3.63, 3.8) is 0 Å². The standard InChI is InChI=1S/C11H13N3O/c15-10-11(3-6-12-7-4-11)9-8(14-10)2-1-5-13-9/h1-2,5,12H,3-4,6-7H2,(H,14,15). The first-order valence-electron chi connectivity index (χ1n) is 5.31. The van der Waals surface area contributed by atoms with Gasteiger partial charge in [-0.2, -0.15) is 0 Å². The quantitative estimate of drug-likeness (QED) is 0.651. The highest BCUT2D eigenvalue weighted by atomic mass is 16.2. The summed E-state index contributed by atoms with van der Waals surface area (Å²) >= 11 is 0. The van der Waals surface area contributed by atoms with Crippen LogP contribution in [0.1, 0.15) is 18.5 Å². The molecule has 15 heavy (non-hydrogen) atoms. The summed E-state index contributed by atoms with van der Waals surface area (Å²) in [4.78, 5) is 16.4. The third-order valence-electron chi connectivity index (χ3n) is 3.40. The molecule has 1 fully saturated rings. The van der Waals surface area contributed by atoms with Gasteiger partial charge in [0, 0.05) is 6.20 Å². The largest absolute Gasteiger partial charge is 0.324 e. The van der Waals surface area contributed by atoms with Crippen LogP contribution in [0.15, 0.2) is 18.3 Å². The topological polar surface area (TPSA) is 54.0 Å². The number of aromatic nitrogens is 1. The maximum absolute atomic E-state index is 12.0. The lowest BCUT2D eigenvalue weighted by atomic mass is 9.77. The maximum Gasteiger partial charge on any atom is 0.236 e. The van der Waals surface area contributed by atoms with E-state index in [4.69, 9.17) is 0 Å². The second-order valence-electron chi connectivity index (χ2n) is 4.19. The van der Waals surface area contributed by atoms with Crippen LogP contribution in [0, 0.1) is 0 Å². The molecule has 3 rings (SSSR count). The van der Waals surface area contributed by atoms with E-state index in [9.17, 15) is 4.79 Å². The van der Waals surface area contributed by atoms with Crippen molar-refractivity contribution in [3.8, 4) is 0 Å². The molecule has 2 aliphatic rings. The lowest BCUT2D eigenvalue weighted by Gasteiger charge is -2.30. The van der Waals surface area contributed by atoms with Crippen LogP contribution in [0.25, 0.3) is 0 Å². The van der Waals surface area contributed by atoms with Crippen molar-refractivity contribution >= 4 is 11.6 Å². The third kappa shape index (κ3) is 1.11. The average Bonchev–Trinajstić information content (AvgIpc) is 2.55. The molecule has 4 nitrogen and oxygen atoms in total. The zero-order valence-electron chi connectivity index (χ0n) is 8.42. The van der Waals surface area contributed by atoms with E-state index in [1.807, 2.05) is 12.1 Å². The number of rotatable bonds is 0. The van der Waals surface area contributed by atoms with Gasteiger partial charge in [0.25, 0.3) is 0 Å². The van der Waals surface area contributed by atoms with E-state index in [2.05, 4.69) is 15.6 Å². The van der Waals surface area contributed by atoms with Crippen LogP contribution in [0.4, 0.5) is 5.69 Å². The molecular weight excluding hydrogens is 190 g/mol. The fourth-order valence-electron chi connectivity index (χ4n) is 2.55. The van der Waals surface area contributed by atoms with Gasteiger partial charge in [-0.15, -0.1) is 0 Å². The number of fused-ring (bicyclic) bond motifs is 2. The fraction of sp³-hybridized carbons (Fsp3) is 0.455. The minimum absolute atomic E-state index is 0.123. The van der Waals surface area contributed by atoms with Gasteiger partial charge in [-0.25, -0.2) is 0 Å². The smallest absolute Gasteiger partial charge is 0.236 e. The molecular formula is C11H13N3O. The lowest BCUT2D eigenvalue weighted by molar-refractivity contribution is -0.121. The van der Waals surface area contributed by atoms with Gasteiger partial charge in [0.05, 0.1) is 16.8 Å². The Balaban J connectivity index is 2.11. The van der Waals surface area contributed by atoms with Gasteiger partial charge >= 0.3 is 0 Å². The second kappa shape index (κ2) is 3.03. The van der Waals surface area contributed by atoms with Crippen LogP contribution in [-0.2, 0) is 10.2 Å². The normalized spacial score (nSPS) is 22.5. The Hall–Kier alpha value is -1.42. The first kappa shape index (κ1) is 8.85. The Morgan fingerprint density at radius 1 is 1.33 bits per heavy atom. The minimum atomic E-state index is -0.359. The number of hydrogen-bond acceptors (Lipinski definition) is 3. The van der Waals surface area contributed by atoms with Crippen LogP contribution in [-0.4, -0.2) is 24.0 Å². The summed E-state index contributed by atoms with van der Waals surface area (Å²) in [6, 6.07) is 3.79. The number of nitrogens with one attached hydrogen (secondary N) is 2. The van der Waals surface area contributed by atoms with Crippen LogP contribution in [0.3, 0.4) is 0 Å². The van der Waals surface area contributed by atoms with Crippen molar-refractivity contribution in [2.75, 3.05) is 18.4 Å². The predicted molar refractivity (Wildman–Crippen MR) is 56.6 cm³/mol. The monoisotopic (exact) mass is 203 g/mol. The highest BCUT2D eigenvalue weighted by Gasteiger charge is 2.48. The number of pyridine rings is 1. The van der Waals surface area contributed by atoms with Gasteiger partial charge in [0.1, 0.15) is 0 Å². The molecule has 4 heteroatoms. The Morgan fingerprint density at radius 3 is 2.93 bits per heavy atom. The molecule has 0 aliphatic carbocycles. The highest BCUT2D eigenvalue weighted by Crippen LogP contribution is 2.41. The summed E-state index contributed by atoms with van der Waals surface area (Å²) in [5.41, 5.74) is 1.47. The van der Waals surface area contributed by atoms with E-state index in [0.717, 1.165) is 37.3 Å². The Kier molecular flexibility index (Phi) is 1.79. The molecule has 1 aromatic rings. The summed E-state index contributed by atoms with van der Waals surface area (Å²) in [5.74, 6) is 0.123. The van der Waals surface area contributed by atoms with E-state index in [1.165, 1.54) is 0 Å². The van der Waals surface area contributed by atoms with Crippen molar-refractivity contribution < 1.29 is 4.79 Å². The third-order valence-corrected chi connectivity index (χ3v) is 3.40. The van der Waals surface area contributed by atoms with Crippen molar-refractivity contribution in [3.05, 3.63) is 24.0 Å². The number of carbonyl (C=O) groups is 1. The zero-order chi connectivity index (χ0) is 10.3. The van der Waals surface area contributed by atoms with Crippen molar-refractivity contribution in [1.29, 1.82) is 0 Å². The molecule has 0 atom stereocenters. The van der Waals surface area contributed by atoms with Gasteiger partial charge in [0.2, 0.25) is 5.91 Å². The predicted octanol–water partition coefficient (Wildman–Crippen LogP) is 0.655. The molecule has 0 unspecified atom stereocenters. The molecule has 0 saturated carbocycles. The van der Waals surface area contributed by atoms with Gasteiger partial charge < -0.3 is 10.6 Å². The van der Waals surface area contributed by atoms with Gasteiger partial charge in [-0.3, -0.25) is 9.78 Å². The summed E-state index contributed by atoms with van der Waals surface area (Å²) < 4.78 is 0. The molecule has 0 aromatic carbocycles. The zero-order valence-corrected chi connectivity index (χ0v) is 8.42. The lowest BCUT2D eigenvalue weighted by Crippen LogP contribution is -2.44. The number of nitrogens with zero attached hydrogens (tertiary/aromatic N) is 1. The average molecular weight is 203 g/mol. The molecule has 0 bridgehead atoms.